The van der Waals surface area contributed by atoms with Crippen LogP contribution in [0.3, 0.4) is 0 Å². The van der Waals surface area contributed by atoms with Crippen molar-refractivity contribution in [3.05, 3.63) is 63.7 Å². The second-order valence-corrected chi connectivity index (χ2v) is 8.16. The van der Waals surface area contributed by atoms with Crippen molar-refractivity contribution >= 4 is 28.9 Å². The number of piperazine rings is 1. The molecule has 0 aromatic heterocycles. The lowest BCUT2D eigenvalue weighted by Crippen LogP contribution is -2.51. The summed E-state index contributed by atoms with van der Waals surface area (Å²) in [4.78, 5) is 42.3. The molecule has 4 rings (SSSR count). The van der Waals surface area contributed by atoms with E-state index in [0.29, 0.717) is 44.8 Å². The number of rotatable bonds is 4. The predicted molar refractivity (Wildman–Crippen MR) is 118 cm³/mol. The quantitative estimate of drug-likeness (QED) is 0.430. The van der Waals surface area contributed by atoms with E-state index >= 15 is 0 Å². The number of hydrogen-bond donors (Lipinski definition) is 0. The third kappa shape index (κ3) is 3.97. The van der Waals surface area contributed by atoms with Crippen LogP contribution in [0.5, 0.6) is 0 Å². The van der Waals surface area contributed by atoms with E-state index < -0.39 is 5.92 Å². The van der Waals surface area contributed by atoms with Gasteiger partial charge < -0.3 is 14.7 Å². The molecule has 2 fully saturated rings. The van der Waals surface area contributed by atoms with Crippen LogP contribution in [0.2, 0.25) is 0 Å². The van der Waals surface area contributed by atoms with Gasteiger partial charge in [-0.15, -0.1) is 0 Å². The molecule has 2 amide bonds. The smallest absolute Gasteiger partial charge is 0.292 e. The minimum absolute atomic E-state index is 0.0669. The van der Waals surface area contributed by atoms with E-state index in [1.165, 1.54) is 11.6 Å². The number of carbonyl (C=O) groups excluding carboxylic acids is 2. The average Bonchev–Trinajstić information content (AvgIpc) is 3.16. The molecule has 8 heteroatoms. The highest BCUT2D eigenvalue weighted by atomic mass is 16.6. The number of aryl methyl sites for hydroxylation is 2. The number of benzene rings is 2. The minimum Gasteiger partial charge on any atom is -0.362 e. The number of hydrogen-bond acceptors (Lipinski definition) is 5. The first-order valence-corrected chi connectivity index (χ1v) is 10.5. The molecule has 0 bridgehead atoms. The molecule has 2 saturated heterocycles. The highest BCUT2D eigenvalue weighted by molar-refractivity contribution is 6.09. The van der Waals surface area contributed by atoms with Crippen molar-refractivity contribution in [3.8, 4) is 0 Å². The maximum atomic E-state index is 13.1. The molecule has 8 nitrogen and oxygen atoms in total. The molecule has 1 unspecified atom stereocenters. The Labute approximate surface area is 181 Å². The standard InChI is InChI=1S/C23H26N4O4/c1-16-7-8-18(15-17(16)2)26-10-9-19(23(26)29)22(28)25-13-11-24(12-14-25)20-5-3-4-6-21(20)27(30)31/h3-8,15,19H,9-14H2,1-2H3. The van der Waals surface area contributed by atoms with E-state index in [-0.39, 0.29) is 22.4 Å². The van der Waals surface area contributed by atoms with Crippen LogP contribution in [0.25, 0.3) is 0 Å². The van der Waals surface area contributed by atoms with E-state index in [9.17, 15) is 19.7 Å². The number of carbonyl (C=O) groups is 2. The lowest BCUT2D eigenvalue weighted by atomic mass is 10.1. The predicted octanol–water partition coefficient (Wildman–Crippen LogP) is 2.91. The van der Waals surface area contributed by atoms with E-state index in [0.717, 1.165) is 11.3 Å². The van der Waals surface area contributed by atoms with Crippen molar-refractivity contribution in [1.82, 2.24) is 4.90 Å². The van der Waals surface area contributed by atoms with E-state index in [1.807, 2.05) is 36.9 Å². The number of nitro benzene ring substituents is 1. The second kappa shape index (κ2) is 8.37. The van der Waals surface area contributed by atoms with Gasteiger partial charge in [0.25, 0.3) is 5.69 Å². The molecule has 1 atom stereocenters. The molecule has 2 aromatic rings. The van der Waals surface area contributed by atoms with Crippen LogP contribution in [-0.4, -0.2) is 54.4 Å². The topological polar surface area (TPSA) is 87.0 Å². The Morgan fingerprint density at radius 2 is 1.71 bits per heavy atom. The summed E-state index contributed by atoms with van der Waals surface area (Å²) in [5, 5.41) is 11.3. The zero-order valence-corrected chi connectivity index (χ0v) is 17.8. The van der Waals surface area contributed by atoms with Crippen molar-refractivity contribution in [3.63, 3.8) is 0 Å². The fourth-order valence-corrected chi connectivity index (χ4v) is 4.33. The lowest BCUT2D eigenvalue weighted by Gasteiger charge is -2.36. The summed E-state index contributed by atoms with van der Waals surface area (Å²) in [6.07, 6.45) is 0.509. The third-order valence-corrected chi connectivity index (χ3v) is 6.32. The van der Waals surface area contributed by atoms with Crippen LogP contribution in [0, 0.1) is 29.9 Å². The fraction of sp³-hybridized carbons (Fsp3) is 0.391. The molecular weight excluding hydrogens is 396 g/mol. The van der Waals surface area contributed by atoms with E-state index in [2.05, 4.69) is 0 Å². The molecule has 2 aliphatic rings. The Balaban J connectivity index is 1.41. The van der Waals surface area contributed by atoms with Gasteiger partial charge in [-0.25, -0.2) is 0 Å². The number of para-hydroxylation sites is 2. The monoisotopic (exact) mass is 422 g/mol. The number of anilines is 2. The van der Waals surface area contributed by atoms with Gasteiger partial charge in [0, 0.05) is 44.5 Å². The average molecular weight is 422 g/mol. The summed E-state index contributed by atoms with van der Waals surface area (Å²) < 4.78 is 0. The molecule has 2 aromatic carbocycles. The summed E-state index contributed by atoms with van der Waals surface area (Å²) in [5.41, 5.74) is 3.75. The van der Waals surface area contributed by atoms with Crippen LogP contribution in [0.1, 0.15) is 17.5 Å². The van der Waals surface area contributed by atoms with Crippen LogP contribution in [0.15, 0.2) is 42.5 Å². The van der Waals surface area contributed by atoms with Gasteiger partial charge in [0.15, 0.2) is 0 Å². The third-order valence-electron chi connectivity index (χ3n) is 6.32. The summed E-state index contributed by atoms with van der Waals surface area (Å²) in [7, 11) is 0. The largest absolute Gasteiger partial charge is 0.362 e. The van der Waals surface area contributed by atoms with Gasteiger partial charge in [0.05, 0.1) is 4.92 Å². The number of amides is 2. The highest BCUT2D eigenvalue weighted by Gasteiger charge is 2.40. The molecule has 2 aliphatic heterocycles. The first-order chi connectivity index (χ1) is 14.9. The molecule has 0 saturated carbocycles. The van der Waals surface area contributed by atoms with Crippen molar-refractivity contribution in [2.45, 2.75) is 20.3 Å². The summed E-state index contributed by atoms with van der Waals surface area (Å²) in [5.74, 6) is -0.938. The minimum atomic E-state index is -0.653. The zero-order chi connectivity index (χ0) is 22.1. The van der Waals surface area contributed by atoms with Gasteiger partial charge in [-0.2, -0.15) is 0 Å². The Morgan fingerprint density at radius 1 is 1.00 bits per heavy atom. The van der Waals surface area contributed by atoms with Gasteiger partial charge in [0.2, 0.25) is 11.8 Å². The summed E-state index contributed by atoms with van der Waals surface area (Å²) in [6, 6.07) is 12.6. The van der Waals surface area contributed by atoms with Gasteiger partial charge in [-0.05, 0) is 49.6 Å². The zero-order valence-electron chi connectivity index (χ0n) is 17.8. The Morgan fingerprint density at radius 3 is 2.39 bits per heavy atom. The van der Waals surface area contributed by atoms with Gasteiger partial charge in [-0.1, -0.05) is 18.2 Å². The Kier molecular flexibility index (Phi) is 5.63. The van der Waals surface area contributed by atoms with Crippen molar-refractivity contribution in [2.75, 3.05) is 42.5 Å². The van der Waals surface area contributed by atoms with Gasteiger partial charge in [-0.3, -0.25) is 19.7 Å². The molecule has 0 aliphatic carbocycles. The first-order valence-electron chi connectivity index (χ1n) is 10.5. The van der Waals surface area contributed by atoms with Crippen molar-refractivity contribution in [2.24, 2.45) is 5.92 Å². The maximum absolute atomic E-state index is 13.1. The van der Waals surface area contributed by atoms with Crippen LogP contribution in [-0.2, 0) is 9.59 Å². The summed E-state index contributed by atoms with van der Waals surface area (Å²) in [6.45, 7) is 6.46. The SMILES string of the molecule is Cc1ccc(N2CCC(C(=O)N3CCN(c4ccccc4[N+](=O)[O-])CC3)C2=O)cc1C. The number of nitro groups is 1. The molecule has 31 heavy (non-hydrogen) atoms. The highest BCUT2D eigenvalue weighted by Crippen LogP contribution is 2.30. The molecule has 0 radical (unpaired) electrons. The van der Waals surface area contributed by atoms with Crippen LogP contribution < -0.4 is 9.80 Å². The first kappa shape index (κ1) is 20.8. The van der Waals surface area contributed by atoms with E-state index in [1.54, 1.807) is 28.0 Å². The van der Waals surface area contributed by atoms with E-state index in [4.69, 9.17) is 0 Å². The fourth-order valence-electron chi connectivity index (χ4n) is 4.33. The summed E-state index contributed by atoms with van der Waals surface area (Å²) >= 11 is 0. The molecule has 0 N–H and O–H groups in total. The maximum Gasteiger partial charge on any atom is 0.292 e. The normalized spacial score (nSPS) is 19.1. The van der Waals surface area contributed by atoms with Gasteiger partial charge in [0.1, 0.15) is 11.6 Å². The van der Waals surface area contributed by atoms with Crippen LogP contribution >= 0.6 is 0 Å². The van der Waals surface area contributed by atoms with Crippen molar-refractivity contribution < 1.29 is 14.5 Å². The Bertz CT molecular complexity index is 1030. The van der Waals surface area contributed by atoms with Gasteiger partial charge >= 0.3 is 0 Å². The van der Waals surface area contributed by atoms with Crippen LogP contribution in [0.4, 0.5) is 17.1 Å². The van der Waals surface area contributed by atoms with Crippen molar-refractivity contribution in [1.29, 1.82) is 0 Å². The second-order valence-electron chi connectivity index (χ2n) is 8.16. The lowest BCUT2D eigenvalue weighted by molar-refractivity contribution is -0.384. The Hall–Kier alpha value is -3.42. The molecule has 162 valence electrons. The molecule has 2 heterocycles. The molecule has 0 spiro atoms. The molecular formula is C23H26N4O4. The number of nitrogens with zero attached hydrogens (tertiary/aromatic N) is 4.